The van der Waals surface area contributed by atoms with Crippen LogP contribution in [0.1, 0.15) is 12.2 Å². The molecule has 1 fully saturated rings. The van der Waals surface area contributed by atoms with Gasteiger partial charge >= 0.3 is 5.97 Å². The van der Waals surface area contributed by atoms with Gasteiger partial charge in [-0.25, -0.2) is 4.98 Å². The molecule has 0 spiro atoms. The summed E-state index contributed by atoms with van der Waals surface area (Å²) in [7, 11) is 0. The van der Waals surface area contributed by atoms with Gasteiger partial charge in [0.2, 0.25) is 5.91 Å². The second-order valence-corrected chi connectivity index (χ2v) is 5.10. The van der Waals surface area contributed by atoms with Crippen molar-refractivity contribution in [3.05, 3.63) is 30.1 Å². The number of hydrogen-bond donors (Lipinski definition) is 3. The zero-order valence-electron chi connectivity index (χ0n) is 11.3. The molecule has 0 bridgehead atoms. The molecule has 0 saturated heterocycles. The van der Waals surface area contributed by atoms with Gasteiger partial charge in [-0.15, -0.1) is 0 Å². The molecule has 7 heteroatoms. The van der Waals surface area contributed by atoms with Gasteiger partial charge in [0.15, 0.2) is 5.82 Å². The Kier molecular flexibility index (Phi) is 3.17. The van der Waals surface area contributed by atoms with Gasteiger partial charge in [-0.1, -0.05) is 12.1 Å². The summed E-state index contributed by atoms with van der Waals surface area (Å²) in [5.74, 6) is -0.897. The van der Waals surface area contributed by atoms with Crippen LogP contribution in [0, 0.1) is 18.8 Å². The first-order chi connectivity index (χ1) is 10.0. The van der Waals surface area contributed by atoms with E-state index in [-0.39, 0.29) is 5.91 Å². The Morgan fingerprint density at radius 1 is 1.38 bits per heavy atom. The fraction of sp³-hybridized carbons (Fsp3) is 0.286. The molecule has 21 heavy (non-hydrogen) atoms. The number of aromatic nitrogens is 3. The van der Waals surface area contributed by atoms with Crippen LogP contribution in [-0.4, -0.2) is 32.2 Å². The van der Waals surface area contributed by atoms with Gasteiger partial charge in [0.25, 0.3) is 0 Å². The Labute approximate surface area is 120 Å². The summed E-state index contributed by atoms with van der Waals surface area (Å²) in [5, 5.41) is 18.4. The third-order valence-corrected chi connectivity index (χ3v) is 3.43. The summed E-state index contributed by atoms with van der Waals surface area (Å²) in [4.78, 5) is 26.9. The van der Waals surface area contributed by atoms with Crippen LogP contribution >= 0.6 is 0 Å². The van der Waals surface area contributed by atoms with E-state index in [1.165, 1.54) is 0 Å². The van der Waals surface area contributed by atoms with Crippen molar-refractivity contribution in [2.24, 2.45) is 11.8 Å². The molecule has 0 radical (unpaired) electrons. The number of aryl methyl sites for hydroxylation is 1. The molecule has 1 amide bonds. The minimum atomic E-state index is -0.917. The third kappa shape index (κ3) is 2.76. The lowest BCUT2D eigenvalue weighted by molar-refractivity contribution is -0.139. The standard InChI is InChI=1S/C14H14N4O3/c1-7-15-12(18-17-7)8-3-2-4-9(5-8)16-13(19)10-6-11(10)14(20)21/h2-5,10-11H,6H2,1H3,(H,16,19)(H,20,21)(H,15,17,18)/t10-,11+/m1/s1. The number of hydrogen-bond acceptors (Lipinski definition) is 4. The molecule has 1 aliphatic carbocycles. The van der Waals surface area contributed by atoms with Crippen molar-refractivity contribution in [1.29, 1.82) is 0 Å². The number of nitrogens with zero attached hydrogens (tertiary/aromatic N) is 2. The molecular formula is C14H14N4O3. The second-order valence-electron chi connectivity index (χ2n) is 5.10. The quantitative estimate of drug-likeness (QED) is 0.788. The van der Waals surface area contributed by atoms with E-state index in [1.807, 2.05) is 6.07 Å². The number of rotatable bonds is 4. The summed E-state index contributed by atoms with van der Waals surface area (Å²) < 4.78 is 0. The minimum absolute atomic E-state index is 0.259. The molecule has 7 nitrogen and oxygen atoms in total. The number of H-pyrrole nitrogens is 1. The highest BCUT2D eigenvalue weighted by molar-refractivity contribution is 5.98. The van der Waals surface area contributed by atoms with Gasteiger partial charge in [0.05, 0.1) is 11.8 Å². The first kappa shape index (κ1) is 13.3. The first-order valence-electron chi connectivity index (χ1n) is 6.57. The number of carboxylic acid groups (broad SMARTS) is 1. The van der Waals surface area contributed by atoms with Gasteiger partial charge in [-0.3, -0.25) is 14.7 Å². The summed E-state index contributed by atoms with van der Waals surface area (Å²) in [5.41, 5.74) is 1.39. The summed E-state index contributed by atoms with van der Waals surface area (Å²) >= 11 is 0. The highest BCUT2D eigenvalue weighted by atomic mass is 16.4. The normalized spacial score (nSPS) is 20.0. The van der Waals surface area contributed by atoms with Crippen molar-refractivity contribution in [3.8, 4) is 11.4 Å². The van der Waals surface area contributed by atoms with Crippen LogP contribution in [0.2, 0.25) is 0 Å². The predicted molar refractivity (Wildman–Crippen MR) is 74.4 cm³/mol. The molecule has 2 aromatic rings. The van der Waals surface area contributed by atoms with Crippen molar-refractivity contribution in [3.63, 3.8) is 0 Å². The van der Waals surface area contributed by atoms with Crippen molar-refractivity contribution in [2.45, 2.75) is 13.3 Å². The van der Waals surface area contributed by atoms with Crippen molar-refractivity contribution < 1.29 is 14.7 Å². The van der Waals surface area contributed by atoms with Crippen molar-refractivity contribution in [1.82, 2.24) is 15.2 Å². The van der Waals surface area contributed by atoms with Crippen molar-refractivity contribution >= 4 is 17.6 Å². The van der Waals surface area contributed by atoms with E-state index in [0.717, 1.165) is 5.56 Å². The van der Waals surface area contributed by atoms with Crippen LogP contribution in [-0.2, 0) is 9.59 Å². The second kappa shape index (κ2) is 5.01. The number of carbonyl (C=O) groups is 2. The lowest BCUT2D eigenvalue weighted by Gasteiger charge is -2.05. The topological polar surface area (TPSA) is 108 Å². The zero-order valence-corrected chi connectivity index (χ0v) is 11.3. The van der Waals surface area contributed by atoms with Crippen LogP contribution in [0.5, 0.6) is 0 Å². The smallest absolute Gasteiger partial charge is 0.307 e. The lowest BCUT2D eigenvalue weighted by atomic mass is 10.2. The lowest BCUT2D eigenvalue weighted by Crippen LogP contribution is -2.16. The van der Waals surface area contributed by atoms with Crippen LogP contribution in [0.25, 0.3) is 11.4 Å². The Morgan fingerprint density at radius 3 is 2.81 bits per heavy atom. The molecule has 1 saturated carbocycles. The number of carboxylic acids is 1. The number of benzene rings is 1. The molecule has 2 atom stereocenters. The maximum Gasteiger partial charge on any atom is 0.307 e. The number of amides is 1. The maximum atomic E-state index is 11.9. The molecule has 1 aliphatic rings. The van der Waals surface area contributed by atoms with E-state index in [2.05, 4.69) is 20.5 Å². The van der Waals surface area contributed by atoms with Crippen LogP contribution in [0.15, 0.2) is 24.3 Å². The molecular weight excluding hydrogens is 272 g/mol. The van der Waals surface area contributed by atoms with Gasteiger partial charge in [-0.05, 0) is 25.5 Å². The summed E-state index contributed by atoms with van der Waals surface area (Å²) in [6, 6.07) is 7.14. The van der Waals surface area contributed by atoms with E-state index in [4.69, 9.17) is 5.11 Å². The zero-order chi connectivity index (χ0) is 15.0. The van der Waals surface area contributed by atoms with Gasteiger partial charge in [0, 0.05) is 11.3 Å². The number of aromatic amines is 1. The summed E-state index contributed by atoms with van der Waals surface area (Å²) in [6.07, 6.45) is 0.404. The van der Waals surface area contributed by atoms with E-state index >= 15 is 0 Å². The highest BCUT2D eigenvalue weighted by Crippen LogP contribution is 2.39. The minimum Gasteiger partial charge on any atom is -0.481 e. The van der Waals surface area contributed by atoms with Crippen LogP contribution in [0.3, 0.4) is 0 Å². The van der Waals surface area contributed by atoms with E-state index in [9.17, 15) is 9.59 Å². The Balaban J connectivity index is 1.72. The van der Waals surface area contributed by atoms with E-state index < -0.39 is 17.8 Å². The van der Waals surface area contributed by atoms with E-state index in [0.29, 0.717) is 23.8 Å². The van der Waals surface area contributed by atoms with Crippen LogP contribution in [0.4, 0.5) is 5.69 Å². The number of anilines is 1. The third-order valence-electron chi connectivity index (χ3n) is 3.43. The van der Waals surface area contributed by atoms with Gasteiger partial charge < -0.3 is 10.4 Å². The largest absolute Gasteiger partial charge is 0.481 e. The molecule has 0 aliphatic heterocycles. The molecule has 1 aromatic carbocycles. The number of nitrogens with one attached hydrogen (secondary N) is 2. The SMILES string of the molecule is Cc1nc(-c2cccc(NC(=O)[C@@H]3C[C@@H]3C(=O)O)c2)n[nH]1. The first-order valence-corrected chi connectivity index (χ1v) is 6.57. The predicted octanol–water partition coefficient (Wildman–Crippen LogP) is 1.44. The highest BCUT2D eigenvalue weighted by Gasteiger charge is 2.48. The molecule has 3 N–H and O–H groups in total. The molecule has 1 heterocycles. The Bertz CT molecular complexity index is 710. The average molecular weight is 286 g/mol. The monoisotopic (exact) mass is 286 g/mol. The molecule has 0 unspecified atom stereocenters. The number of aliphatic carboxylic acids is 1. The number of carbonyl (C=O) groups excluding carboxylic acids is 1. The molecule has 108 valence electrons. The van der Waals surface area contributed by atoms with Crippen molar-refractivity contribution in [2.75, 3.05) is 5.32 Å². The fourth-order valence-corrected chi connectivity index (χ4v) is 2.20. The molecule has 1 aromatic heterocycles. The average Bonchev–Trinajstić information content (AvgIpc) is 3.15. The summed E-state index contributed by atoms with van der Waals surface area (Å²) in [6.45, 7) is 1.81. The molecule has 3 rings (SSSR count). The van der Waals surface area contributed by atoms with Gasteiger partial charge in [0.1, 0.15) is 5.82 Å². The maximum absolute atomic E-state index is 11.9. The fourth-order valence-electron chi connectivity index (χ4n) is 2.20. The van der Waals surface area contributed by atoms with Crippen LogP contribution < -0.4 is 5.32 Å². The Morgan fingerprint density at radius 2 is 2.19 bits per heavy atom. The van der Waals surface area contributed by atoms with E-state index in [1.54, 1.807) is 25.1 Å². The Hall–Kier alpha value is -2.70. The van der Waals surface area contributed by atoms with Gasteiger partial charge in [-0.2, -0.15) is 5.10 Å².